The maximum absolute atomic E-state index is 6.09. The fourth-order valence-electron chi connectivity index (χ4n) is 3.68. The molecule has 0 saturated carbocycles. The number of nitrogens with two attached hydrogens (primary N) is 1. The Hall–Kier alpha value is -1.26. The Morgan fingerprint density at radius 3 is 2.67 bits per heavy atom. The lowest BCUT2D eigenvalue weighted by Gasteiger charge is -2.31. The van der Waals surface area contributed by atoms with E-state index in [-0.39, 0.29) is 6.04 Å². The summed E-state index contributed by atoms with van der Waals surface area (Å²) in [4.78, 5) is 2.55. The third kappa shape index (κ3) is 2.62. The zero-order valence-corrected chi connectivity index (χ0v) is 13.1. The molecule has 2 aliphatic heterocycles. The molecule has 1 aromatic rings. The summed E-state index contributed by atoms with van der Waals surface area (Å²) in [5.41, 5.74) is 7.80. The molecule has 3 rings (SSSR count). The minimum absolute atomic E-state index is 0.277. The summed E-state index contributed by atoms with van der Waals surface area (Å²) >= 11 is 0. The Morgan fingerprint density at radius 1 is 1.24 bits per heavy atom. The largest absolute Gasteiger partial charge is 0.454 e. The predicted molar refractivity (Wildman–Crippen MR) is 83.6 cm³/mol. The Balaban J connectivity index is 1.80. The first-order chi connectivity index (χ1) is 10.2. The second-order valence-electron chi connectivity index (χ2n) is 6.29. The van der Waals surface area contributed by atoms with Gasteiger partial charge in [0.05, 0.1) is 0 Å². The molecule has 4 heteroatoms. The van der Waals surface area contributed by atoms with Crippen LogP contribution < -0.4 is 15.2 Å². The Bertz CT molecular complexity index is 500. The zero-order chi connectivity index (χ0) is 14.9. The summed E-state index contributed by atoms with van der Waals surface area (Å²) < 4.78 is 10.9. The molecule has 2 aliphatic rings. The first kappa shape index (κ1) is 14.7. The van der Waals surface area contributed by atoms with Gasteiger partial charge in [0.2, 0.25) is 6.79 Å². The second kappa shape index (κ2) is 5.85. The van der Waals surface area contributed by atoms with Crippen LogP contribution in [0.5, 0.6) is 11.5 Å². The smallest absolute Gasteiger partial charge is 0.231 e. The van der Waals surface area contributed by atoms with Crippen LogP contribution in [0.3, 0.4) is 0 Å². The van der Waals surface area contributed by atoms with E-state index in [2.05, 4.69) is 30.9 Å². The van der Waals surface area contributed by atoms with Gasteiger partial charge in [0, 0.05) is 19.1 Å². The topological polar surface area (TPSA) is 47.7 Å². The van der Waals surface area contributed by atoms with Crippen molar-refractivity contribution in [2.24, 2.45) is 11.1 Å². The molecule has 0 spiro atoms. The molecular weight excluding hydrogens is 264 g/mol. The molecule has 21 heavy (non-hydrogen) atoms. The molecule has 1 fully saturated rings. The summed E-state index contributed by atoms with van der Waals surface area (Å²) in [6, 6.07) is 6.50. The van der Waals surface area contributed by atoms with E-state index >= 15 is 0 Å². The first-order valence-corrected chi connectivity index (χ1v) is 8.05. The quantitative estimate of drug-likeness (QED) is 0.906. The van der Waals surface area contributed by atoms with Gasteiger partial charge < -0.3 is 15.2 Å². The lowest BCUT2D eigenvalue weighted by molar-refractivity contribution is 0.173. The standard InChI is InChI=1S/C17H26N2O2/c1-3-17(4-2)7-8-19(11-17)14(10-18)13-5-6-15-16(9-13)21-12-20-15/h5-6,9,14H,3-4,7-8,10-12,18H2,1-2H3. The number of hydrogen-bond acceptors (Lipinski definition) is 4. The van der Waals surface area contributed by atoms with Crippen LogP contribution in [0.25, 0.3) is 0 Å². The SMILES string of the molecule is CCC1(CC)CCN(C(CN)c2ccc3c(c2)OCO3)C1. The third-order valence-corrected chi connectivity index (χ3v) is 5.41. The fourth-order valence-corrected chi connectivity index (χ4v) is 3.68. The van der Waals surface area contributed by atoms with Gasteiger partial charge in [0.25, 0.3) is 0 Å². The van der Waals surface area contributed by atoms with Crippen LogP contribution in [0.15, 0.2) is 18.2 Å². The molecule has 1 aromatic carbocycles. The van der Waals surface area contributed by atoms with Crippen LogP contribution in [0.4, 0.5) is 0 Å². The molecular formula is C17H26N2O2. The number of hydrogen-bond donors (Lipinski definition) is 1. The van der Waals surface area contributed by atoms with Crippen molar-refractivity contribution in [3.8, 4) is 11.5 Å². The monoisotopic (exact) mass is 290 g/mol. The summed E-state index contributed by atoms with van der Waals surface area (Å²) in [5.74, 6) is 1.69. The van der Waals surface area contributed by atoms with Crippen LogP contribution >= 0.6 is 0 Å². The summed E-state index contributed by atoms with van der Waals surface area (Å²) in [6.07, 6.45) is 3.78. The van der Waals surface area contributed by atoms with Crippen molar-refractivity contribution in [3.63, 3.8) is 0 Å². The van der Waals surface area contributed by atoms with E-state index < -0.39 is 0 Å². The highest BCUT2D eigenvalue weighted by Crippen LogP contribution is 2.41. The molecule has 116 valence electrons. The number of likely N-dealkylation sites (tertiary alicyclic amines) is 1. The number of fused-ring (bicyclic) bond motifs is 1. The Morgan fingerprint density at radius 2 is 2.00 bits per heavy atom. The van der Waals surface area contributed by atoms with Gasteiger partial charge in [-0.25, -0.2) is 0 Å². The molecule has 1 saturated heterocycles. The van der Waals surface area contributed by atoms with Gasteiger partial charge >= 0.3 is 0 Å². The average molecular weight is 290 g/mol. The van der Waals surface area contributed by atoms with Crippen LogP contribution in [0.1, 0.15) is 44.7 Å². The molecule has 0 radical (unpaired) electrons. The van der Waals surface area contributed by atoms with Gasteiger partial charge in [-0.1, -0.05) is 19.9 Å². The number of ether oxygens (including phenoxy) is 2. The molecule has 4 nitrogen and oxygen atoms in total. The minimum Gasteiger partial charge on any atom is -0.454 e. The number of rotatable bonds is 5. The van der Waals surface area contributed by atoms with Gasteiger partial charge in [0.1, 0.15) is 0 Å². The summed E-state index contributed by atoms with van der Waals surface area (Å²) in [6.45, 7) is 7.87. The van der Waals surface area contributed by atoms with Crippen molar-refractivity contribution >= 4 is 0 Å². The molecule has 0 amide bonds. The highest BCUT2D eigenvalue weighted by atomic mass is 16.7. The average Bonchev–Trinajstić information content (AvgIpc) is 3.15. The van der Waals surface area contributed by atoms with E-state index in [0.717, 1.165) is 24.6 Å². The van der Waals surface area contributed by atoms with Crippen molar-refractivity contribution in [2.75, 3.05) is 26.4 Å². The van der Waals surface area contributed by atoms with Crippen molar-refractivity contribution < 1.29 is 9.47 Å². The van der Waals surface area contributed by atoms with Gasteiger partial charge in [-0.2, -0.15) is 0 Å². The minimum atomic E-state index is 0.277. The molecule has 0 aromatic heterocycles. The lowest BCUT2D eigenvalue weighted by atomic mass is 9.82. The van der Waals surface area contributed by atoms with Gasteiger partial charge in [0.15, 0.2) is 11.5 Å². The highest BCUT2D eigenvalue weighted by Gasteiger charge is 2.38. The third-order valence-electron chi connectivity index (χ3n) is 5.41. The molecule has 0 aliphatic carbocycles. The Kier molecular flexibility index (Phi) is 4.09. The number of nitrogens with zero attached hydrogens (tertiary/aromatic N) is 1. The first-order valence-electron chi connectivity index (χ1n) is 8.05. The van der Waals surface area contributed by atoms with E-state index in [1.807, 2.05) is 6.07 Å². The fraction of sp³-hybridized carbons (Fsp3) is 0.647. The molecule has 2 heterocycles. The van der Waals surface area contributed by atoms with Crippen LogP contribution in [-0.2, 0) is 0 Å². The van der Waals surface area contributed by atoms with Crippen molar-refractivity contribution in [1.82, 2.24) is 4.90 Å². The zero-order valence-electron chi connectivity index (χ0n) is 13.1. The van der Waals surface area contributed by atoms with E-state index in [0.29, 0.717) is 18.8 Å². The predicted octanol–water partition coefficient (Wildman–Crippen LogP) is 2.93. The Labute approximate surface area is 127 Å². The van der Waals surface area contributed by atoms with Crippen LogP contribution in [-0.4, -0.2) is 31.3 Å². The van der Waals surface area contributed by atoms with Gasteiger partial charge in [-0.3, -0.25) is 4.90 Å². The van der Waals surface area contributed by atoms with Crippen LogP contribution in [0.2, 0.25) is 0 Å². The highest BCUT2D eigenvalue weighted by molar-refractivity contribution is 5.45. The van der Waals surface area contributed by atoms with Crippen molar-refractivity contribution in [1.29, 1.82) is 0 Å². The lowest BCUT2D eigenvalue weighted by Crippen LogP contribution is -2.34. The molecule has 1 unspecified atom stereocenters. The van der Waals surface area contributed by atoms with Gasteiger partial charge in [-0.05, 0) is 48.9 Å². The molecule has 2 N–H and O–H groups in total. The summed E-state index contributed by atoms with van der Waals surface area (Å²) in [7, 11) is 0. The molecule has 0 bridgehead atoms. The van der Waals surface area contributed by atoms with E-state index in [4.69, 9.17) is 15.2 Å². The maximum Gasteiger partial charge on any atom is 0.231 e. The van der Waals surface area contributed by atoms with E-state index in [1.165, 1.54) is 24.8 Å². The van der Waals surface area contributed by atoms with E-state index in [9.17, 15) is 0 Å². The van der Waals surface area contributed by atoms with E-state index in [1.54, 1.807) is 0 Å². The van der Waals surface area contributed by atoms with Crippen molar-refractivity contribution in [3.05, 3.63) is 23.8 Å². The van der Waals surface area contributed by atoms with Crippen LogP contribution in [0, 0.1) is 5.41 Å². The second-order valence-corrected chi connectivity index (χ2v) is 6.29. The van der Waals surface area contributed by atoms with Gasteiger partial charge in [-0.15, -0.1) is 0 Å². The van der Waals surface area contributed by atoms with Crippen molar-refractivity contribution in [2.45, 2.75) is 39.2 Å². The maximum atomic E-state index is 6.09. The normalized spacial score (nSPS) is 21.7. The molecule has 1 atom stereocenters. The number of benzene rings is 1. The summed E-state index contributed by atoms with van der Waals surface area (Å²) in [5, 5.41) is 0.